The Labute approximate surface area is 132 Å². The van der Waals surface area contributed by atoms with Crippen molar-refractivity contribution in [2.75, 3.05) is 5.32 Å². The highest BCUT2D eigenvalue weighted by Crippen LogP contribution is 2.26. The van der Waals surface area contributed by atoms with Gasteiger partial charge >= 0.3 is 0 Å². The number of furan rings is 1. The lowest BCUT2D eigenvalue weighted by Gasteiger charge is -2.09. The van der Waals surface area contributed by atoms with Gasteiger partial charge in [0.2, 0.25) is 0 Å². The fourth-order valence-electron chi connectivity index (χ4n) is 2.05. The van der Waals surface area contributed by atoms with Crippen molar-refractivity contribution < 1.29 is 4.42 Å². The maximum Gasteiger partial charge on any atom is 0.153 e. The number of benzene rings is 1. The number of nitrogens with zero attached hydrogens (tertiary/aromatic N) is 3. The largest absolute Gasteiger partial charge is 0.463 e. The zero-order valence-corrected chi connectivity index (χ0v) is 12.2. The number of nitriles is 1. The number of halogens is 1. The molecule has 0 fully saturated rings. The van der Waals surface area contributed by atoms with Gasteiger partial charge in [-0.25, -0.2) is 9.97 Å². The van der Waals surface area contributed by atoms with E-state index in [9.17, 15) is 5.26 Å². The molecule has 5 nitrogen and oxygen atoms in total. The molecule has 0 atom stereocenters. The lowest BCUT2D eigenvalue weighted by Crippen LogP contribution is -2.05. The van der Waals surface area contributed by atoms with E-state index < -0.39 is 0 Å². The third kappa shape index (κ3) is 2.78. The first-order chi connectivity index (χ1) is 10.8. The van der Waals surface area contributed by atoms with E-state index in [0.717, 1.165) is 5.56 Å². The van der Waals surface area contributed by atoms with E-state index in [1.807, 2.05) is 24.3 Å². The smallest absolute Gasteiger partial charge is 0.153 e. The van der Waals surface area contributed by atoms with E-state index in [4.69, 9.17) is 16.0 Å². The Morgan fingerprint density at radius 1 is 1.18 bits per heavy atom. The summed E-state index contributed by atoms with van der Waals surface area (Å²) in [6.45, 7) is 0.461. The van der Waals surface area contributed by atoms with Crippen LogP contribution in [0.4, 0.5) is 5.82 Å². The SMILES string of the molecule is N#Cc1c(NCc2ccccc2Cl)ncnc1-c1ccco1. The Kier molecular flexibility index (Phi) is 4.03. The summed E-state index contributed by atoms with van der Waals surface area (Å²) in [5.41, 5.74) is 1.72. The molecule has 0 saturated carbocycles. The molecule has 0 saturated heterocycles. The summed E-state index contributed by atoms with van der Waals surface area (Å²) < 4.78 is 5.31. The molecular weight excluding hydrogens is 300 g/mol. The molecule has 0 aliphatic carbocycles. The summed E-state index contributed by atoms with van der Waals surface area (Å²) in [5, 5.41) is 13.2. The summed E-state index contributed by atoms with van der Waals surface area (Å²) >= 11 is 6.12. The normalized spacial score (nSPS) is 10.2. The Morgan fingerprint density at radius 3 is 2.77 bits per heavy atom. The number of hydrogen-bond acceptors (Lipinski definition) is 5. The van der Waals surface area contributed by atoms with Crippen molar-refractivity contribution in [1.29, 1.82) is 5.26 Å². The Bertz CT molecular complexity index is 824. The molecule has 0 aliphatic rings. The minimum Gasteiger partial charge on any atom is -0.463 e. The molecule has 2 heterocycles. The average molecular weight is 311 g/mol. The van der Waals surface area contributed by atoms with Crippen molar-refractivity contribution in [2.24, 2.45) is 0 Å². The first kappa shape index (κ1) is 14.1. The molecule has 3 rings (SSSR count). The maximum atomic E-state index is 9.41. The van der Waals surface area contributed by atoms with Crippen LogP contribution in [0.3, 0.4) is 0 Å². The number of anilines is 1. The van der Waals surface area contributed by atoms with E-state index in [1.54, 1.807) is 12.1 Å². The summed E-state index contributed by atoms with van der Waals surface area (Å²) in [5.74, 6) is 0.976. The first-order valence-electron chi connectivity index (χ1n) is 6.56. The molecule has 0 unspecified atom stereocenters. The predicted molar refractivity (Wildman–Crippen MR) is 83.2 cm³/mol. The van der Waals surface area contributed by atoms with Gasteiger partial charge in [-0.3, -0.25) is 0 Å². The number of hydrogen-bond donors (Lipinski definition) is 1. The van der Waals surface area contributed by atoms with Crippen LogP contribution in [0.2, 0.25) is 5.02 Å². The Balaban J connectivity index is 1.90. The van der Waals surface area contributed by atoms with Gasteiger partial charge in [0.15, 0.2) is 5.76 Å². The molecule has 0 spiro atoms. The molecule has 0 bridgehead atoms. The van der Waals surface area contributed by atoms with E-state index in [0.29, 0.717) is 34.4 Å². The molecule has 0 radical (unpaired) electrons. The molecule has 22 heavy (non-hydrogen) atoms. The van der Waals surface area contributed by atoms with Gasteiger partial charge < -0.3 is 9.73 Å². The van der Waals surface area contributed by atoms with Gasteiger partial charge in [-0.2, -0.15) is 5.26 Å². The molecule has 0 aliphatic heterocycles. The van der Waals surface area contributed by atoms with Crippen molar-refractivity contribution in [1.82, 2.24) is 9.97 Å². The zero-order valence-electron chi connectivity index (χ0n) is 11.5. The molecule has 108 valence electrons. The van der Waals surface area contributed by atoms with E-state index in [1.165, 1.54) is 12.6 Å². The molecule has 1 aromatic carbocycles. The van der Waals surface area contributed by atoms with Gasteiger partial charge in [0.25, 0.3) is 0 Å². The number of nitrogens with one attached hydrogen (secondary N) is 1. The van der Waals surface area contributed by atoms with Crippen LogP contribution in [0.25, 0.3) is 11.5 Å². The van der Waals surface area contributed by atoms with Crippen LogP contribution in [0.15, 0.2) is 53.4 Å². The quantitative estimate of drug-likeness (QED) is 0.791. The molecule has 1 N–H and O–H groups in total. The van der Waals surface area contributed by atoms with Crippen LogP contribution in [0.5, 0.6) is 0 Å². The van der Waals surface area contributed by atoms with Gasteiger partial charge in [0.1, 0.15) is 29.5 Å². The van der Waals surface area contributed by atoms with E-state index in [2.05, 4.69) is 21.4 Å². The van der Waals surface area contributed by atoms with Gasteiger partial charge in [0.05, 0.1) is 6.26 Å². The number of rotatable bonds is 4. The topological polar surface area (TPSA) is 74.7 Å². The summed E-state index contributed by atoms with van der Waals surface area (Å²) in [6, 6.07) is 13.1. The minimum atomic E-state index is 0.338. The second kappa shape index (κ2) is 6.29. The predicted octanol–water partition coefficient (Wildman–Crippen LogP) is 3.87. The van der Waals surface area contributed by atoms with Gasteiger partial charge in [-0.15, -0.1) is 0 Å². The third-order valence-electron chi connectivity index (χ3n) is 3.12. The van der Waals surface area contributed by atoms with E-state index >= 15 is 0 Å². The fraction of sp³-hybridized carbons (Fsp3) is 0.0625. The van der Waals surface area contributed by atoms with Crippen LogP contribution < -0.4 is 5.32 Å². The maximum absolute atomic E-state index is 9.41. The van der Waals surface area contributed by atoms with Crippen LogP contribution in [0, 0.1) is 11.3 Å². The van der Waals surface area contributed by atoms with Gasteiger partial charge in [-0.05, 0) is 23.8 Å². The van der Waals surface area contributed by atoms with Crippen LogP contribution in [-0.2, 0) is 6.54 Å². The fourth-order valence-corrected chi connectivity index (χ4v) is 2.25. The summed E-state index contributed by atoms with van der Waals surface area (Å²) in [6.07, 6.45) is 2.93. The lowest BCUT2D eigenvalue weighted by atomic mass is 10.1. The monoisotopic (exact) mass is 310 g/mol. The molecule has 0 amide bonds. The van der Waals surface area contributed by atoms with Crippen LogP contribution >= 0.6 is 11.6 Å². The molecule has 3 aromatic rings. The Morgan fingerprint density at radius 2 is 2.05 bits per heavy atom. The second-order valence-electron chi connectivity index (χ2n) is 4.48. The molecular formula is C16H11ClN4O. The van der Waals surface area contributed by atoms with Crippen LogP contribution in [-0.4, -0.2) is 9.97 Å². The van der Waals surface area contributed by atoms with Crippen molar-refractivity contribution in [3.8, 4) is 17.5 Å². The summed E-state index contributed by atoms with van der Waals surface area (Å²) in [7, 11) is 0. The van der Waals surface area contributed by atoms with Crippen molar-refractivity contribution in [3.05, 3.63) is 65.1 Å². The van der Waals surface area contributed by atoms with Gasteiger partial charge in [0, 0.05) is 11.6 Å². The molecule has 2 aromatic heterocycles. The third-order valence-corrected chi connectivity index (χ3v) is 3.49. The van der Waals surface area contributed by atoms with Gasteiger partial charge in [-0.1, -0.05) is 29.8 Å². The van der Waals surface area contributed by atoms with Crippen molar-refractivity contribution in [3.63, 3.8) is 0 Å². The average Bonchev–Trinajstić information content (AvgIpc) is 3.08. The van der Waals surface area contributed by atoms with E-state index in [-0.39, 0.29) is 0 Å². The van der Waals surface area contributed by atoms with Crippen molar-refractivity contribution >= 4 is 17.4 Å². The lowest BCUT2D eigenvalue weighted by molar-refractivity contribution is 0.579. The highest BCUT2D eigenvalue weighted by molar-refractivity contribution is 6.31. The highest BCUT2D eigenvalue weighted by Gasteiger charge is 2.14. The minimum absolute atomic E-state index is 0.338. The zero-order chi connectivity index (χ0) is 15.4. The van der Waals surface area contributed by atoms with Crippen molar-refractivity contribution in [2.45, 2.75) is 6.54 Å². The first-order valence-corrected chi connectivity index (χ1v) is 6.93. The summed E-state index contributed by atoms with van der Waals surface area (Å²) in [4.78, 5) is 8.27. The number of aromatic nitrogens is 2. The second-order valence-corrected chi connectivity index (χ2v) is 4.89. The standard InChI is InChI=1S/C16H11ClN4O/c17-13-5-2-1-4-11(13)9-19-16-12(8-18)15(20-10-21-16)14-6-3-7-22-14/h1-7,10H,9H2,(H,19,20,21). The molecule has 6 heteroatoms. The Hall–Kier alpha value is -2.84. The highest BCUT2D eigenvalue weighted by atomic mass is 35.5. The van der Waals surface area contributed by atoms with Crippen LogP contribution in [0.1, 0.15) is 11.1 Å².